The molecule has 132 heavy (non-hydrogen) atoms. The first-order chi connectivity index (χ1) is 64.9. The van der Waals surface area contributed by atoms with Gasteiger partial charge in [-0.2, -0.15) is 0 Å². The number of hydrogen-bond donors (Lipinski definition) is 0. The van der Waals surface area contributed by atoms with Gasteiger partial charge < -0.3 is 0 Å². The first-order valence-electron chi connectivity index (χ1n) is 50.3. The molecule has 21 rings (SSSR count). The van der Waals surface area contributed by atoms with Crippen molar-refractivity contribution in [3.63, 3.8) is 0 Å². The molecule has 0 nitrogen and oxygen atoms in total. The summed E-state index contributed by atoms with van der Waals surface area (Å²) in [6, 6.07) is 139. The summed E-state index contributed by atoms with van der Waals surface area (Å²) in [6.45, 7) is 65.8. The molecule has 16 aromatic carbocycles. The number of hydrogen-bond acceptors (Lipinski definition) is 0. The Hall–Kier alpha value is -12.5. The third-order valence-corrected chi connectivity index (χ3v) is 25.0. The SMILES string of the molecule is CC.CC.CC.CC.CC.CC.CC.CC.CC.CC.CC.CC.Cc1cc2c(c(C)c1C)-c1ccccc1C21c2ccccc2-c2ccccc21.Cc1ccc(C2(c3ccccc3)c3ccccc3-c3ccccc32)cc1.Cc1ccc(C2(c3ccccc3)c3ccccc3-c3ccccc32)cc1C.Cc1ccc(C2(c3ccccc3)c3ccccc3-c3ccccc32)cc1C. The lowest BCUT2D eigenvalue weighted by Gasteiger charge is -2.34. The van der Waals surface area contributed by atoms with E-state index in [-0.39, 0.29) is 21.7 Å². The maximum absolute atomic E-state index is 2.45. The second-order valence-corrected chi connectivity index (χ2v) is 30.3. The second-order valence-electron chi connectivity index (χ2n) is 30.3. The zero-order chi connectivity index (χ0) is 97.5. The average molecular weight is 1740 g/mol. The highest BCUT2D eigenvalue weighted by atomic mass is 14.5. The van der Waals surface area contributed by atoms with Gasteiger partial charge in [0.05, 0.1) is 21.7 Å². The van der Waals surface area contributed by atoms with Gasteiger partial charge in [-0.25, -0.2) is 0 Å². The van der Waals surface area contributed by atoms with Crippen LogP contribution in [0.25, 0.3) is 55.6 Å². The van der Waals surface area contributed by atoms with Crippen LogP contribution in [0, 0.1) is 55.4 Å². The molecule has 0 atom stereocenters. The Morgan fingerprint density at radius 2 is 0.318 bits per heavy atom. The van der Waals surface area contributed by atoms with Gasteiger partial charge in [0.25, 0.3) is 0 Å². The number of rotatable bonds is 6. The third-order valence-electron chi connectivity index (χ3n) is 25.0. The largest absolute Gasteiger partial charge is 0.0725 e. The van der Waals surface area contributed by atoms with E-state index in [9.17, 15) is 0 Å². The first-order valence-corrected chi connectivity index (χ1v) is 50.3. The highest BCUT2D eigenvalue weighted by molar-refractivity contribution is 5.97. The van der Waals surface area contributed by atoms with Gasteiger partial charge in [0.15, 0.2) is 0 Å². The summed E-state index contributed by atoms with van der Waals surface area (Å²) in [7, 11) is 0. The van der Waals surface area contributed by atoms with E-state index in [4.69, 9.17) is 0 Å². The molecule has 686 valence electrons. The Morgan fingerprint density at radius 3 is 0.561 bits per heavy atom. The van der Waals surface area contributed by atoms with E-state index in [0.717, 1.165) is 0 Å². The van der Waals surface area contributed by atoms with Gasteiger partial charge in [-0.3, -0.25) is 0 Å². The van der Waals surface area contributed by atoms with Crippen LogP contribution >= 0.6 is 0 Å². The van der Waals surface area contributed by atoms with Crippen LogP contribution in [0.2, 0.25) is 0 Å². The van der Waals surface area contributed by atoms with Crippen molar-refractivity contribution in [2.24, 2.45) is 0 Å². The quantitative estimate of drug-likeness (QED) is 0.156. The van der Waals surface area contributed by atoms with Gasteiger partial charge in [-0.05, 0) is 239 Å². The minimum Gasteiger partial charge on any atom is -0.0683 e. The van der Waals surface area contributed by atoms with Crippen molar-refractivity contribution >= 4 is 0 Å². The van der Waals surface area contributed by atoms with Gasteiger partial charge in [0.1, 0.15) is 0 Å². The molecule has 5 aliphatic carbocycles. The Bertz CT molecular complexity index is 5780. The lowest BCUT2D eigenvalue weighted by molar-refractivity contribution is 0.766. The molecule has 0 saturated heterocycles. The van der Waals surface area contributed by atoms with Gasteiger partial charge in [-0.15, -0.1) is 0 Å². The van der Waals surface area contributed by atoms with Crippen molar-refractivity contribution in [3.8, 4) is 55.6 Å². The van der Waals surface area contributed by atoms with E-state index in [2.05, 4.69) is 432 Å². The van der Waals surface area contributed by atoms with E-state index in [0.29, 0.717) is 0 Å². The van der Waals surface area contributed by atoms with Crippen LogP contribution in [0.15, 0.2) is 376 Å². The Kier molecular flexibility index (Phi) is 43.6. The van der Waals surface area contributed by atoms with Crippen molar-refractivity contribution < 1.29 is 0 Å². The monoisotopic (exact) mass is 1740 g/mol. The number of fused-ring (bicyclic) bond motifs is 19. The fraction of sp³-hybridized carbons (Fsp3) is 0.273. The van der Waals surface area contributed by atoms with Crippen LogP contribution in [0.3, 0.4) is 0 Å². The van der Waals surface area contributed by atoms with E-state index in [1.807, 2.05) is 166 Å². The minimum absolute atomic E-state index is 0.206. The Balaban J connectivity index is 0.000000251. The molecule has 0 unspecified atom stereocenters. The molecular weight excluding hydrogens is 1590 g/mol. The van der Waals surface area contributed by atoms with Crippen LogP contribution in [0.5, 0.6) is 0 Å². The van der Waals surface area contributed by atoms with Crippen LogP contribution in [0.1, 0.15) is 300 Å². The van der Waals surface area contributed by atoms with Gasteiger partial charge in [0.2, 0.25) is 0 Å². The van der Waals surface area contributed by atoms with Crippen LogP contribution in [-0.2, 0) is 21.7 Å². The zero-order valence-electron chi connectivity index (χ0n) is 86.8. The van der Waals surface area contributed by atoms with E-state index < -0.39 is 0 Å². The van der Waals surface area contributed by atoms with Crippen molar-refractivity contribution in [1.29, 1.82) is 0 Å². The predicted molar refractivity (Wildman–Crippen MR) is 588 cm³/mol. The summed E-state index contributed by atoms with van der Waals surface area (Å²) < 4.78 is 0. The smallest absolute Gasteiger partial charge is 0.0683 e. The fourth-order valence-electron chi connectivity index (χ4n) is 19.6. The fourth-order valence-corrected chi connectivity index (χ4v) is 19.6. The summed E-state index contributed by atoms with van der Waals surface area (Å²) in [5, 5.41) is 0. The van der Waals surface area contributed by atoms with E-state index in [1.165, 1.54) is 189 Å². The van der Waals surface area contributed by atoms with Gasteiger partial charge in [0, 0.05) is 0 Å². The third kappa shape index (κ3) is 20.0. The molecule has 0 fully saturated rings. The summed E-state index contributed by atoms with van der Waals surface area (Å²) in [4.78, 5) is 0. The average Bonchev–Trinajstić information content (AvgIpc) is 1.50. The van der Waals surface area contributed by atoms with Crippen LogP contribution in [-0.4, -0.2) is 0 Å². The molecule has 0 N–H and O–H groups in total. The molecule has 0 aromatic heterocycles. The normalized spacial score (nSPS) is 12.0. The molecule has 0 aliphatic heterocycles. The maximum atomic E-state index is 2.45. The van der Waals surface area contributed by atoms with Gasteiger partial charge in [-0.1, -0.05) is 548 Å². The molecule has 0 radical (unpaired) electrons. The zero-order valence-corrected chi connectivity index (χ0v) is 86.8. The molecule has 0 bridgehead atoms. The topological polar surface area (TPSA) is 0 Å². The summed E-state index contributed by atoms with van der Waals surface area (Å²) >= 11 is 0. The molecule has 0 heterocycles. The van der Waals surface area contributed by atoms with Crippen molar-refractivity contribution in [2.45, 2.75) is 243 Å². The molecular formula is C132H158. The molecule has 5 aliphatic rings. The summed E-state index contributed by atoms with van der Waals surface area (Å²) in [6.07, 6.45) is 0. The molecule has 0 saturated carbocycles. The van der Waals surface area contributed by atoms with Crippen LogP contribution in [0.4, 0.5) is 0 Å². The van der Waals surface area contributed by atoms with Crippen molar-refractivity contribution in [2.75, 3.05) is 0 Å². The minimum atomic E-state index is -0.271. The maximum Gasteiger partial charge on any atom is 0.0725 e. The Morgan fingerprint density at radius 1 is 0.129 bits per heavy atom. The van der Waals surface area contributed by atoms with Crippen molar-refractivity contribution in [1.82, 2.24) is 0 Å². The standard InChI is InChI=1S/C28H22.2C27H22.C26H20.12C2H6/c1-17-16-26-27(19(3)18(17)2)22-12-6-9-15-25(22)28(26)23-13-7-4-10-20(23)21-11-5-8-14-24(21)28;2*1-19-16-17-22(18-20(19)2)27(21-10-4-3-5-11-21)25-14-8-6-12-23(25)24-13-7-9-15-26(24)27;1-19-15-17-21(18-16-19)26(20-9-3-2-4-10-20)24-13-7-5-11-22(24)23-12-6-8-14-25(23)26;12*1-2/h4-16H,1-3H3;2*3-18H,1-2H3;2-18H,1H3;12*1-2H3. The molecule has 0 amide bonds. The van der Waals surface area contributed by atoms with E-state index in [1.54, 1.807) is 0 Å². The lowest BCUT2D eigenvalue weighted by Crippen LogP contribution is -2.28. The number of aryl methyl sites for hydroxylation is 6. The highest BCUT2D eigenvalue weighted by Crippen LogP contribution is 2.65. The van der Waals surface area contributed by atoms with E-state index >= 15 is 0 Å². The molecule has 16 aromatic rings. The molecule has 1 spiro atoms. The van der Waals surface area contributed by atoms with Crippen molar-refractivity contribution in [3.05, 3.63) is 510 Å². The molecule has 0 heteroatoms. The second kappa shape index (κ2) is 53.1. The summed E-state index contributed by atoms with van der Waals surface area (Å²) in [5.41, 5.74) is 45.4. The predicted octanol–water partition coefficient (Wildman–Crippen LogP) is 39.0. The lowest BCUT2D eigenvalue weighted by atomic mass is 9.67. The highest BCUT2D eigenvalue weighted by Gasteiger charge is 2.53. The number of benzene rings is 16. The van der Waals surface area contributed by atoms with Gasteiger partial charge >= 0.3 is 0 Å². The Labute approximate surface area is 802 Å². The first kappa shape index (κ1) is 108. The van der Waals surface area contributed by atoms with Crippen LogP contribution < -0.4 is 0 Å². The summed E-state index contributed by atoms with van der Waals surface area (Å²) in [5.74, 6) is 0.